The van der Waals surface area contributed by atoms with Crippen LogP contribution in [0.3, 0.4) is 0 Å². The van der Waals surface area contributed by atoms with Crippen LogP contribution >= 0.6 is 0 Å². The van der Waals surface area contributed by atoms with Crippen LogP contribution in [0.15, 0.2) is 29.3 Å². The number of halogens is 1. The monoisotopic (exact) mass is 353 g/mol. The maximum absolute atomic E-state index is 14.4. The van der Waals surface area contributed by atoms with Crippen LogP contribution in [0.25, 0.3) is 0 Å². The second kappa shape index (κ2) is 6.48. The summed E-state index contributed by atoms with van der Waals surface area (Å²) in [5.41, 5.74) is 6.68. The fourth-order valence-corrected chi connectivity index (χ4v) is 3.58. The highest BCUT2D eigenvalue weighted by atomic mass is 32.2. The van der Waals surface area contributed by atoms with Crippen molar-refractivity contribution in [2.24, 2.45) is 5.73 Å². The van der Waals surface area contributed by atoms with Gasteiger partial charge in [-0.05, 0) is 31.0 Å². The highest BCUT2D eigenvalue weighted by Gasteiger charge is 2.25. The van der Waals surface area contributed by atoms with E-state index in [4.69, 9.17) is 5.73 Å². The van der Waals surface area contributed by atoms with Crippen molar-refractivity contribution in [2.45, 2.75) is 30.3 Å². The maximum Gasteiger partial charge on any atom is 0.175 e. The van der Waals surface area contributed by atoms with Gasteiger partial charge in [0.1, 0.15) is 5.82 Å². The van der Waals surface area contributed by atoms with Crippen molar-refractivity contribution >= 4 is 15.5 Å². The highest BCUT2D eigenvalue weighted by molar-refractivity contribution is 7.90. The van der Waals surface area contributed by atoms with Gasteiger partial charge in [-0.1, -0.05) is 5.21 Å². The lowest BCUT2D eigenvalue weighted by Gasteiger charge is -2.34. The number of sulfone groups is 1. The minimum absolute atomic E-state index is 0.0128. The molecule has 24 heavy (non-hydrogen) atoms. The quantitative estimate of drug-likeness (QED) is 0.885. The van der Waals surface area contributed by atoms with Gasteiger partial charge in [0.2, 0.25) is 0 Å². The Labute approximate surface area is 140 Å². The SMILES string of the molecule is CS(=O)(=O)c1ccc(N2CCCC(n3cc(CN)nn3)C2)c(F)c1. The molecule has 1 aliphatic rings. The van der Waals surface area contributed by atoms with E-state index in [-0.39, 0.29) is 10.9 Å². The van der Waals surface area contributed by atoms with Crippen molar-refractivity contribution in [2.75, 3.05) is 24.2 Å². The molecule has 2 N–H and O–H groups in total. The highest BCUT2D eigenvalue weighted by Crippen LogP contribution is 2.29. The smallest absolute Gasteiger partial charge is 0.175 e. The van der Waals surface area contributed by atoms with E-state index in [0.29, 0.717) is 25.3 Å². The van der Waals surface area contributed by atoms with Crippen molar-refractivity contribution < 1.29 is 12.8 Å². The zero-order valence-corrected chi connectivity index (χ0v) is 14.2. The summed E-state index contributed by atoms with van der Waals surface area (Å²) in [5.74, 6) is -0.528. The maximum atomic E-state index is 14.4. The molecule has 0 bridgehead atoms. The van der Waals surface area contributed by atoms with E-state index >= 15 is 0 Å². The van der Waals surface area contributed by atoms with Gasteiger partial charge in [-0.2, -0.15) is 0 Å². The molecule has 0 saturated carbocycles. The van der Waals surface area contributed by atoms with Gasteiger partial charge in [0.25, 0.3) is 0 Å². The number of piperidine rings is 1. The largest absolute Gasteiger partial charge is 0.367 e. The van der Waals surface area contributed by atoms with Crippen LogP contribution in [0.5, 0.6) is 0 Å². The van der Waals surface area contributed by atoms with Crippen LogP contribution < -0.4 is 10.6 Å². The average molecular weight is 353 g/mol. The molecule has 9 heteroatoms. The third kappa shape index (κ3) is 3.41. The molecule has 1 aromatic carbocycles. The van der Waals surface area contributed by atoms with E-state index in [0.717, 1.165) is 30.9 Å². The fourth-order valence-electron chi connectivity index (χ4n) is 2.95. The first-order valence-corrected chi connectivity index (χ1v) is 9.63. The number of aromatic nitrogens is 3. The normalized spacial score (nSPS) is 18.8. The Bertz CT molecular complexity index is 836. The molecule has 0 radical (unpaired) electrons. The average Bonchev–Trinajstić information content (AvgIpc) is 3.03. The first-order valence-electron chi connectivity index (χ1n) is 7.74. The van der Waals surface area contributed by atoms with E-state index in [1.807, 2.05) is 11.1 Å². The number of nitrogens with two attached hydrogens (primary N) is 1. The Morgan fingerprint density at radius 3 is 2.83 bits per heavy atom. The molecule has 0 spiro atoms. The summed E-state index contributed by atoms with van der Waals surface area (Å²) in [4.78, 5) is 1.90. The third-order valence-corrected chi connectivity index (χ3v) is 5.34. The molecular weight excluding hydrogens is 333 g/mol. The standard InChI is InChI=1S/C15H20FN5O2S/c1-24(22,23)13-4-5-15(14(16)7-13)20-6-2-3-12(10-20)21-9-11(8-17)18-19-21/h4-5,7,9,12H,2-3,6,8,10,17H2,1H3. The second-order valence-electron chi connectivity index (χ2n) is 6.02. The molecule has 1 atom stereocenters. The summed E-state index contributed by atoms with van der Waals surface area (Å²) in [7, 11) is -3.42. The number of anilines is 1. The number of rotatable bonds is 4. The molecule has 2 aromatic rings. The van der Waals surface area contributed by atoms with E-state index in [9.17, 15) is 12.8 Å². The van der Waals surface area contributed by atoms with Crippen molar-refractivity contribution in [3.8, 4) is 0 Å². The minimum atomic E-state index is -3.42. The van der Waals surface area contributed by atoms with Crippen molar-refractivity contribution in [1.82, 2.24) is 15.0 Å². The first kappa shape index (κ1) is 16.8. The van der Waals surface area contributed by atoms with E-state index in [1.165, 1.54) is 12.1 Å². The molecule has 1 saturated heterocycles. The summed E-state index contributed by atoms with van der Waals surface area (Å²) in [6.45, 7) is 1.63. The van der Waals surface area contributed by atoms with Crippen molar-refractivity contribution in [1.29, 1.82) is 0 Å². The Hall–Kier alpha value is -2.00. The molecule has 2 heterocycles. The fraction of sp³-hybridized carbons (Fsp3) is 0.467. The molecule has 1 aromatic heterocycles. The molecule has 1 fully saturated rings. The van der Waals surface area contributed by atoms with Gasteiger partial charge in [0.05, 0.1) is 28.5 Å². The predicted octanol–water partition coefficient (Wildman–Crippen LogP) is 1.12. The van der Waals surface area contributed by atoms with Gasteiger partial charge in [-0.25, -0.2) is 17.5 Å². The Morgan fingerprint density at radius 1 is 1.42 bits per heavy atom. The van der Waals surface area contributed by atoms with Crippen molar-refractivity contribution in [3.05, 3.63) is 35.9 Å². The topological polar surface area (TPSA) is 94.1 Å². The molecule has 0 amide bonds. The lowest BCUT2D eigenvalue weighted by Crippen LogP contribution is -2.37. The van der Waals surface area contributed by atoms with Crippen LogP contribution in [0.4, 0.5) is 10.1 Å². The summed E-state index contributed by atoms with van der Waals surface area (Å²) in [6.07, 6.45) is 4.69. The van der Waals surface area contributed by atoms with Gasteiger partial charge in [0.15, 0.2) is 9.84 Å². The van der Waals surface area contributed by atoms with Crippen molar-refractivity contribution in [3.63, 3.8) is 0 Å². The zero-order valence-electron chi connectivity index (χ0n) is 13.4. The van der Waals surface area contributed by atoms with Crippen LogP contribution in [-0.2, 0) is 16.4 Å². The second-order valence-corrected chi connectivity index (χ2v) is 8.04. The summed E-state index contributed by atoms with van der Waals surface area (Å²) < 4.78 is 39.2. The minimum Gasteiger partial charge on any atom is -0.367 e. The number of nitrogens with zero attached hydrogens (tertiary/aromatic N) is 4. The molecule has 0 aliphatic carbocycles. The lowest BCUT2D eigenvalue weighted by molar-refractivity contribution is 0.367. The van der Waals surface area contributed by atoms with E-state index in [1.54, 1.807) is 4.68 Å². The van der Waals surface area contributed by atoms with Crippen LogP contribution in [0.1, 0.15) is 24.6 Å². The number of benzene rings is 1. The van der Waals surface area contributed by atoms with Crippen LogP contribution in [-0.4, -0.2) is 42.8 Å². The lowest BCUT2D eigenvalue weighted by atomic mass is 10.0. The van der Waals surface area contributed by atoms with Gasteiger partial charge in [0, 0.05) is 25.9 Å². The van der Waals surface area contributed by atoms with Gasteiger partial charge in [-0.3, -0.25) is 0 Å². The molecule has 7 nitrogen and oxygen atoms in total. The summed E-state index contributed by atoms with van der Waals surface area (Å²) in [5, 5.41) is 8.09. The van der Waals surface area contributed by atoms with E-state index < -0.39 is 15.7 Å². The van der Waals surface area contributed by atoms with E-state index in [2.05, 4.69) is 10.3 Å². The van der Waals surface area contributed by atoms with Gasteiger partial charge >= 0.3 is 0 Å². The number of hydrogen-bond acceptors (Lipinski definition) is 6. The first-order chi connectivity index (χ1) is 11.4. The Kier molecular flexibility index (Phi) is 4.55. The molecular formula is C15H20FN5O2S. The Morgan fingerprint density at radius 2 is 2.21 bits per heavy atom. The predicted molar refractivity (Wildman–Crippen MR) is 87.9 cm³/mol. The Balaban J connectivity index is 1.82. The number of hydrogen-bond donors (Lipinski definition) is 1. The third-order valence-electron chi connectivity index (χ3n) is 4.23. The van der Waals surface area contributed by atoms with Gasteiger partial charge < -0.3 is 10.6 Å². The van der Waals surface area contributed by atoms with Crippen LogP contribution in [0, 0.1) is 5.82 Å². The molecule has 1 aliphatic heterocycles. The summed E-state index contributed by atoms with van der Waals surface area (Å²) >= 11 is 0. The molecule has 3 rings (SSSR count). The molecule has 1 unspecified atom stereocenters. The molecule has 130 valence electrons. The summed E-state index contributed by atoms with van der Waals surface area (Å²) in [6, 6.07) is 4.14. The van der Waals surface area contributed by atoms with Crippen LogP contribution in [0.2, 0.25) is 0 Å². The zero-order chi connectivity index (χ0) is 17.3. The van der Waals surface area contributed by atoms with Gasteiger partial charge in [-0.15, -0.1) is 5.10 Å².